The lowest BCUT2D eigenvalue weighted by Crippen LogP contribution is -2.38. The minimum atomic E-state index is -0.247. The zero-order chi connectivity index (χ0) is 36.1. The van der Waals surface area contributed by atoms with E-state index in [4.69, 9.17) is 9.47 Å². The van der Waals surface area contributed by atoms with Crippen LogP contribution >= 0.6 is 23.5 Å². The van der Waals surface area contributed by atoms with E-state index in [-0.39, 0.29) is 22.5 Å². The van der Waals surface area contributed by atoms with Crippen LogP contribution in [0.5, 0.6) is 5.75 Å². The van der Waals surface area contributed by atoms with Crippen molar-refractivity contribution in [2.75, 3.05) is 36.2 Å². The molecular formula is C45H80O3S2. The average Bonchev–Trinajstić information content (AvgIpc) is 3.10. The van der Waals surface area contributed by atoms with E-state index in [0.29, 0.717) is 5.75 Å². The molecule has 0 amide bonds. The summed E-state index contributed by atoms with van der Waals surface area (Å²) in [7, 11) is 0. The Bertz CT molecular complexity index is 958. The molecule has 3 nitrogen and oxygen atoms in total. The van der Waals surface area contributed by atoms with Crippen LogP contribution in [0.2, 0.25) is 0 Å². The van der Waals surface area contributed by atoms with Crippen molar-refractivity contribution in [1.82, 2.24) is 0 Å². The fourth-order valence-corrected chi connectivity index (χ4v) is 10.3. The number of unbranched alkanes of at least 4 members (excludes halogenated alkanes) is 10. The van der Waals surface area contributed by atoms with Crippen molar-refractivity contribution < 1.29 is 14.6 Å². The summed E-state index contributed by atoms with van der Waals surface area (Å²) in [5.41, 5.74) is 3.68. The van der Waals surface area contributed by atoms with Crippen LogP contribution in [0.4, 0.5) is 0 Å². The second kappa shape index (κ2) is 24.1. The number of phenolic OH excluding ortho intramolecular Hbond substituents is 1. The number of hydrogen-bond acceptors (Lipinski definition) is 5. The fraction of sp³-hybridized carbons (Fsp3) is 0.867. The molecule has 0 saturated heterocycles. The van der Waals surface area contributed by atoms with Gasteiger partial charge in [-0.1, -0.05) is 156 Å². The smallest absolute Gasteiger partial charge is 0.162 e. The maximum Gasteiger partial charge on any atom is 0.162 e. The number of benzene rings is 1. The molecule has 5 heteroatoms. The molecule has 0 spiro atoms. The van der Waals surface area contributed by atoms with Crippen molar-refractivity contribution in [2.24, 2.45) is 5.41 Å². The van der Waals surface area contributed by atoms with E-state index in [1.807, 2.05) is 23.5 Å². The molecule has 1 aromatic carbocycles. The van der Waals surface area contributed by atoms with Gasteiger partial charge in [0.05, 0.1) is 13.2 Å². The van der Waals surface area contributed by atoms with Crippen LogP contribution in [0, 0.1) is 5.41 Å². The van der Waals surface area contributed by atoms with Crippen molar-refractivity contribution in [3.8, 4) is 5.75 Å². The van der Waals surface area contributed by atoms with Gasteiger partial charge in [0.1, 0.15) is 5.75 Å². The van der Waals surface area contributed by atoms with Crippen LogP contribution in [-0.4, -0.2) is 47.6 Å². The van der Waals surface area contributed by atoms with Crippen LogP contribution in [0.15, 0.2) is 12.1 Å². The largest absolute Gasteiger partial charge is 0.507 e. The topological polar surface area (TPSA) is 38.7 Å². The molecule has 2 aliphatic carbocycles. The Morgan fingerprint density at radius 1 is 0.620 bits per heavy atom. The predicted octanol–water partition coefficient (Wildman–Crippen LogP) is 14.0. The van der Waals surface area contributed by atoms with Gasteiger partial charge < -0.3 is 14.6 Å². The highest BCUT2D eigenvalue weighted by Crippen LogP contribution is 2.50. The van der Waals surface area contributed by atoms with Gasteiger partial charge in [0.2, 0.25) is 0 Å². The molecule has 0 aromatic heterocycles. The van der Waals surface area contributed by atoms with E-state index in [1.165, 1.54) is 169 Å². The molecule has 0 bridgehead atoms. The first-order valence-electron chi connectivity index (χ1n) is 21.4. The number of thioether (sulfide) groups is 2. The first kappa shape index (κ1) is 44.0. The third-order valence-corrected chi connectivity index (χ3v) is 14.0. The molecule has 1 N–H and O–H groups in total. The van der Waals surface area contributed by atoms with Gasteiger partial charge in [-0.25, -0.2) is 0 Å². The predicted molar refractivity (Wildman–Crippen MR) is 224 cm³/mol. The fourth-order valence-electron chi connectivity index (χ4n) is 8.63. The number of ether oxygens (including phenoxy) is 2. The summed E-state index contributed by atoms with van der Waals surface area (Å²) in [5, 5.41) is 12.0. The number of rotatable bonds is 27. The van der Waals surface area contributed by atoms with Crippen LogP contribution in [-0.2, 0) is 26.7 Å². The van der Waals surface area contributed by atoms with E-state index in [1.54, 1.807) is 0 Å². The molecule has 0 heterocycles. The normalized spacial score (nSPS) is 17.8. The first-order chi connectivity index (χ1) is 24.1. The summed E-state index contributed by atoms with van der Waals surface area (Å²) in [5.74, 6) is 5.13. The van der Waals surface area contributed by atoms with Crippen LogP contribution in [0.25, 0.3) is 0 Å². The molecule has 0 aliphatic heterocycles. The summed E-state index contributed by atoms with van der Waals surface area (Å²) in [4.78, 5) is 0. The van der Waals surface area contributed by atoms with Gasteiger partial charge in [-0.3, -0.25) is 0 Å². The molecule has 50 heavy (non-hydrogen) atoms. The minimum Gasteiger partial charge on any atom is -0.507 e. The van der Waals surface area contributed by atoms with Crippen LogP contribution in [0.1, 0.15) is 199 Å². The SMILES string of the molecule is CCCCCCCCSCCOC(OCCSCCCCCCCC)C(C)(C)Cc1cc(C2(C)CCCCC2)c(O)c(C2(C)CCCCC2)c1. The highest BCUT2D eigenvalue weighted by atomic mass is 32.2. The van der Waals surface area contributed by atoms with Gasteiger partial charge in [-0.15, -0.1) is 0 Å². The van der Waals surface area contributed by atoms with Crippen molar-refractivity contribution in [2.45, 2.75) is 206 Å². The molecule has 2 fully saturated rings. The van der Waals surface area contributed by atoms with E-state index in [0.717, 1.165) is 31.1 Å². The molecular weight excluding hydrogens is 653 g/mol. The van der Waals surface area contributed by atoms with Gasteiger partial charge in [0, 0.05) is 28.0 Å². The monoisotopic (exact) mass is 733 g/mol. The summed E-state index contributed by atoms with van der Waals surface area (Å²) >= 11 is 4.08. The van der Waals surface area contributed by atoms with Gasteiger partial charge in [-0.05, 0) is 72.8 Å². The van der Waals surface area contributed by atoms with Crippen molar-refractivity contribution in [1.29, 1.82) is 0 Å². The third-order valence-electron chi connectivity index (χ3n) is 12.0. The Morgan fingerprint density at radius 3 is 1.44 bits per heavy atom. The van der Waals surface area contributed by atoms with E-state index in [9.17, 15) is 5.11 Å². The lowest BCUT2D eigenvalue weighted by molar-refractivity contribution is -0.192. The lowest BCUT2D eigenvalue weighted by atomic mass is 9.65. The van der Waals surface area contributed by atoms with Crippen molar-refractivity contribution in [3.05, 3.63) is 28.8 Å². The Morgan fingerprint density at radius 2 is 1.02 bits per heavy atom. The zero-order valence-corrected chi connectivity index (χ0v) is 35.5. The second-order valence-corrected chi connectivity index (χ2v) is 19.7. The second-order valence-electron chi connectivity index (χ2n) is 17.3. The molecule has 0 unspecified atom stereocenters. The number of aromatic hydroxyl groups is 1. The van der Waals surface area contributed by atoms with Crippen LogP contribution in [0.3, 0.4) is 0 Å². The quantitative estimate of drug-likeness (QED) is 0.0720. The molecule has 290 valence electrons. The van der Waals surface area contributed by atoms with Gasteiger partial charge >= 0.3 is 0 Å². The summed E-state index contributed by atoms with van der Waals surface area (Å²) in [6.07, 6.45) is 29.3. The third kappa shape index (κ3) is 15.2. The number of phenols is 1. The summed E-state index contributed by atoms with van der Waals surface area (Å²) in [6, 6.07) is 4.78. The minimum absolute atomic E-state index is 0.0507. The molecule has 1 aromatic rings. The highest BCUT2D eigenvalue weighted by Gasteiger charge is 2.39. The van der Waals surface area contributed by atoms with E-state index < -0.39 is 0 Å². The maximum absolute atomic E-state index is 12.0. The van der Waals surface area contributed by atoms with Crippen molar-refractivity contribution >= 4 is 23.5 Å². The van der Waals surface area contributed by atoms with Gasteiger partial charge in [0.15, 0.2) is 6.29 Å². The standard InChI is InChI=1S/C45H80O3S2/c1-7-9-11-13-15-23-31-49-33-29-47-42(48-30-34-50-32-24-16-14-12-10-8-2)43(3,4)37-38-35-39(44(5)25-19-17-20-26-44)41(46)40(36-38)45(6)27-21-18-22-28-45/h35-36,42,46H,7-34,37H2,1-6H3. The van der Waals surface area contributed by atoms with Crippen LogP contribution < -0.4 is 0 Å². The van der Waals surface area contributed by atoms with E-state index >= 15 is 0 Å². The summed E-state index contributed by atoms with van der Waals surface area (Å²) in [6.45, 7) is 15.6. The van der Waals surface area contributed by atoms with Gasteiger partial charge in [0.25, 0.3) is 0 Å². The average molecular weight is 733 g/mol. The highest BCUT2D eigenvalue weighted by molar-refractivity contribution is 7.99. The maximum atomic E-state index is 12.0. The number of hydrogen-bond donors (Lipinski definition) is 1. The first-order valence-corrected chi connectivity index (χ1v) is 23.7. The van der Waals surface area contributed by atoms with Crippen molar-refractivity contribution in [3.63, 3.8) is 0 Å². The van der Waals surface area contributed by atoms with E-state index in [2.05, 4.69) is 53.7 Å². The molecule has 0 atom stereocenters. The molecule has 2 aliphatic rings. The Balaban J connectivity index is 1.69. The molecule has 2 saturated carbocycles. The lowest BCUT2D eigenvalue weighted by Gasteiger charge is -2.40. The molecule has 0 radical (unpaired) electrons. The Kier molecular flexibility index (Phi) is 21.3. The molecule has 3 rings (SSSR count). The zero-order valence-electron chi connectivity index (χ0n) is 33.8. The van der Waals surface area contributed by atoms with Gasteiger partial charge in [-0.2, -0.15) is 23.5 Å². The summed E-state index contributed by atoms with van der Waals surface area (Å²) < 4.78 is 13.4. The Labute approximate surface area is 319 Å². The Hall–Kier alpha value is -0.360.